The first-order chi connectivity index (χ1) is 19.8. The summed E-state index contributed by atoms with van der Waals surface area (Å²) in [4.78, 5) is 23.7. The summed E-state index contributed by atoms with van der Waals surface area (Å²) in [5, 5.41) is 19.8. The van der Waals surface area contributed by atoms with Crippen molar-refractivity contribution in [3.63, 3.8) is 0 Å². The lowest BCUT2D eigenvalue weighted by Gasteiger charge is -2.12. The van der Waals surface area contributed by atoms with E-state index < -0.39 is 12.2 Å². The van der Waals surface area contributed by atoms with Crippen molar-refractivity contribution in [2.75, 3.05) is 13.2 Å². The number of aliphatic hydroxyl groups excluding tert-OH is 2. The average molecular weight is 575 g/mol. The van der Waals surface area contributed by atoms with E-state index in [0.717, 1.165) is 50.9 Å². The molecule has 0 aliphatic heterocycles. The molecule has 0 bridgehead atoms. The van der Waals surface area contributed by atoms with Crippen molar-refractivity contribution >= 4 is 11.9 Å². The standard InChI is InChI=1S/C35H58O6/c1-4-5-6-7-15-20-25-32(36)26-21-16-10-8-9-11-17-22-27-34(38)40-29-33(37)30-41-35(39)28-23-18-13-12-14-19-24-31(2)3/h5-6,9-11,15-16,20-21,26,31-33,36-37H,4,7-8,12-14,17-19,22-25,27-30H2,1-3H3/b6-5-,11-9-,16-10-,20-15-,26-21+/t32?,33-/m1/s1. The van der Waals surface area contributed by atoms with Gasteiger partial charge in [-0.15, -0.1) is 0 Å². The number of rotatable bonds is 26. The van der Waals surface area contributed by atoms with Crippen molar-refractivity contribution in [3.8, 4) is 0 Å². The molecule has 0 heterocycles. The Morgan fingerprint density at radius 1 is 0.683 bits per heavy atom. The summed E-state index contributed by atoms with van der Waals surface area (Å²) < 4.78 is 10.2. The van der Waals surface area contributed by atoms with Crippen molar-refractivity contribution < 1.29 is 29.3 Å². The Balaban J connectivity index is 3.71. The molecule has 41 heavy (non-hydrogen) atoms. The van der Waals surface area contributed by atoms with E-state index in [-0.39, 0.29) is 31.6 Å². The number of carbonyl (C=O) groups is 2. The molecule has 6 nitrogen and oxygen atoms in total. The SMILES string of the molecule is CC/C=C\C/C=C\CC(O)/C=C/C=C\C/C=C\CCCC(=O)OC[C@@H](O)COC(=O)CCCCCCCCC(C)C. The van der Waals surface area contributed by atoms with Crippen molar-refractivity contribution in [1.29, 1.82) is 0 Å². The van der Waals surface area contributed by atoms with Crippen LogP contribution in [0.1, 0.15) is 117 Å². The molecule has 2 N–H and O–H groups in total. The molecule has 0 radical (unpaired) electrons. The number of hydrogen-bond acceptors (Lipinski definition) is 6. The molecule has 0 saturated heterocycles. The third kappa shape index (κ3) is 30.3. The second kappa shape index (κ2) is 29.1. The van der Waals surface area contributed by atoms with Crippen LogP contribution in [0.25, 0.3) is 0 Å². The van der Waals surface area contributed by atoms with E-state index in [1.807, 2.05) is 36.5 Å². The maximum absolute atomic E-state index is 11.9. The normalized spacial score (nSPS) is 13.9. The summed E-state index contributed by atoms with van der Waals surface area (Å²) in [5.74, 6) is 0.0833. The lowest BCUT2D eigenvalue weighted by atomic mass is 10.0. The predicted octanol–water partition coefficient (Wildman–Crippen LogP) is 8.10. The minimum absolute atomic E-state index is 0.153. The largest absolute Gasteiger partial charge is 0.463 e. The Kier molecular flexibility index (Phi) is 27.3. The molecule has 0 saturated carbocycles. The molecule has 1 unspecified atom stereocenters. The molecule has 0 aromatic heterocycles. The molecular formula is C35H58O6. The van der Waals surface area contributed by atoms with E-state index in [1.54, 1.807) is 6.08 Å². The first-order valence-corrected chi connectivity index (χ1v) is 15.8. The maximum Gasteiger partial charge on any atom is 0.305 e. The van der Waals surface area contributed by atoms with Crippen molar-refractivity contribution in [2.45, 2.75) is 129 Å². The highest BCUT2D eigenvalue weighted by Crippen LogP contribution is 2.12. The molecule has 0 spiro atoms. The van der Waals surface area contributed by atoms with Gasteiger partial charge in [-0.2, -0.15) is 0 Å². The van der Waals surface area contributed by atoms with Gasteiger partial charge in [0.1, 0.15) is 19.3 Å². The third-order valence-corrected chi connectivity index (χ3v) is 6.28. The molecule has 0 fully saturated rings. The number of ether oxygens (including phenoxy) is 2. The molecule has 0 aliphatic carbocycles. The Bertz CT molecular complexity index is 778. The maximum atomic E-state index is 11.9. The molecule has 0 amide bonds. The van der Waals surface area contributed by atoms with E-state index in [1.165, 1.54) is 25.7 Å². The molecule has 0 aromatic carbocycles. The molecule has 6 heteroatoms. The summed E-state index contributed by atoms with van der Waals surface area (Å²) in [5.41, 5.74) is 0. The second-order valence-electron chi connectivity index (χ2n) is 10.9. The van der Waals surface area contributed by atoms with Crippen molar-refractivity contribution in [2.24, 2.45) is 5.92 Å². The fraction of sp³-hybridized carbons (Fsp3) is 0.657. The summed E-state index contributed by atoms with van der Waals surface area (Å²) >= 11 is 0. The van der Waals surface area contributed by atoms with Gasteiger partial charge in [0.2, 0.25) is 0 Å². The van der Waals surface area contributed by atoms with E-state index in [0.29, 0.717) is 19.3 Å². The Morgan fingerprint density at radius 3 is 1.95 bits per heavy atom. The van der Waals surface area contributed by atoms with Crippen LogP contribution in [0.15, 0.2) is 60.8 Å². The average Bonchev–Trinajstić information content (AvgIpc) is 2.94. The van der Waals surface area contributed by atoms with Crippen LogP contribution in [0.5, 0.6) is 0 Å². The molecule has 0 aromatic rings. The first kappa shape index (κ1) is 38.6. The Hall–Kier alpha value is -2.44. The lowest BCUT2D eigenvalue weighted by Crippen LogP contribution is -2.25. The fourth-order valence-electron chi connectivity index (χ4n) is 3.86. The highest BCUT2D eigenvalue weighted by atomic mass is 16.6. The van der Waals surface area contributed by atoms with Gasteiger partial charge in [0.25, 0.3) is 0 Å². The number of aliphatic hydroxyl groups is 2. The summed E-state index contributed by atoms with van der Waals surface area (Å²) in [6.07, 6.45) is 31.8. The van der Waals surface area contributed by atoms with Gasteiger partial charge < -0.3 is 19.7 Å². The van der Waals surface area contributed by atoms with Gasteiger partial charge in [0.15, 0.2) is 0 Å². The van der Waals surface area contributed by atoms with Crippen molar-refractivity contribution in [3.05, 3.63) is 60.8 Å². The summed E-state index contributed by atoms with van der Waals surface area (Å²) in [6, 6.07) is 0. The summed E-state index contributed by atoms with van der Waals surface area (Å²) in [6.45, 7) is 6.28. The van der Waals surface area contributed by atoms with Crippen LogP contribution in [0, 0.1) is 5.92 Å². The zero-order valence-corrected chi connectivity index (χ0v) is 26.1. The van der Waals surface area contributed by atoms with Gasteiger partial charge in [-0.3, -0.25) is 9.59 Å². The number of carbonyl (C=O) groups excluding carboxylic acids is 2. The highest BCUT2D eigenvalue weighted by Gasteiger charge is 2.12. The lowest BCUT2D eigenvalue weighted by molar-refractivity contribution is -0.152. The minimum atomic E-state index is -1.00. The highest BCUT2D eigenvalue weighted by molar-refractivity contribution is 5.69. The Morgan fingerprint density at radius 2 is 1.27 bits per heavy atom. The molecule has 2 atom stereocenters. The number of hydrogen-bond donors (Lipinski definition) is 2. The zero-order chi connectivity index (χ0) is 30.4. The van der Waals surface area contributed by atoms with E-state index >= 15 is 0 Å². The predicted molar refractivity (Wildman–Crippen MR) is 169 cm³/mol. The minimum Gasteiger partial charge on any atom is -0.463 e. The smallest absolute Gasteiger partial charge is 0.305 e. The van der Waals surface area contributed by atoms with Crippen LogP contribution in [-0.4, -0.2) is 47.6 Å². The van der Waals surface area contributed by atoms with Gasteiger partial charge in [-0.05, 0) is 50.9 Å². The molecule has 0 aliphatic rings. The van der Waals surface area contributed by atoms with Gasteiger partial charge in [-0.25, -0.2) is 0 Å². The van der Waals surface area contributed by atoms with E-state index in [9.17, 15) is 19.8 Å². The van der Waals surface area contributed by atoms with E-state index in [2.05, 4.69) is 39.0 Å². The van der Waals surface area contributed by atoms with E-state index in [4.69, 9.17) is 9.47 Å². The van der Waals surface area contributed by atoms with Crippen LogP contribution in [-0.2, 0) is 19.1 Å². The van der Waals surface area contributed by atoms with Gasteiger partial charge >= 0.3 is 11.9 Å². The van der Waals surface area contributed by atoms with Crippen LogP contribution in [0.3, 0.4) is 0 Å². The molecule has 0 rings (SSSR count). The van der Waals surface area contributed by atoms with Crippen molar-refractivity contribution in [1.82, 2.24) is 0 Å². The first-order valence-electron chi connectivity index (χ1n) is 15.8. The van der Waals surface area contributed by atoms with Crippen LogP contribution < -0.4 is 0 Å². The van der Waals surface area contributed by atoms with Gasteiger partial charge in [0.05, 0.1) is 6.10 Å². The Labute approximate surface area is 250 Å². The van der Waals surface area contributed by atoms with Gasteiger partial charge in [-0.1, -0.05) is 120 Å². The number of allylic oxidation sites excluding steroid dienone is 8. The zero-order valence-electron chi connectivity index (χ0n) is 26.1. The monoisotopic (exact) mass is 574 g/mol. The quantitative estimate of drug-likeness (QED) is 0.0469. The van der Waals surface area contributed by atoms with Crippen LogP contribution in [0.4, 0.5) is 0 Å². The fourth-order valence-corrected chi connectivity index (χ4v) is 3.86. The van der Waals surface area contributed by atoms with Crippen LogP contribution >= 0.6 is 0 Å². The third-order valence-electron chi connectivity index (χ3n) is 6.28. The van der Waals surface area contributed by atoms with Gasteiger partial charge in [0, 0.05) is 12.8 Å². The molecule has 234 valence electrons. The summed E-state index contributed by atoms with van der Waals surface area (Å²) in [7, 11) is 0. The molecular weight excluding hydrogens is 516 g/mol. The number of esters is 2. The topological polar surface area (TPSA) is 93.1 Å². The van der Waals surface area contributed by atoms with Crippen LogP contribution in [0.2, 0.25) is 0 Å². The number of unbranched alkanes of at least 4 members (excludes halogenated alkanes) is 6. The second-order valence-corrected chi connectivity index (χ2v) is 10.9.